The number of hydrogen-bond acceptors (Lipinski definition) is 2. The molecule has 0 aliphatic rings. The predicted octanol–water partition coefficient (Wildman–Crippen LogP) is 2.93. The van der Waals surface area contributed by atoms with Crippen molar-refractivity contribution < 1.29 is 14.7 Å². The van der Waals surface area contributed by atoms with Crippen molar-refractivity contribution in [2.45, 2.75) is 20.4 Å². The standard InChI is InChI=1S/C15H21ClN2O3/c1-4-18(9-11(2)14(19)20)15(21)17(3)10-12-5-7-13(16)8-6-12/h5-8,11H,4,9-10H2,1-3H3,(H,19,20). The number of carbonyl (C=O) groups excluding carboxylic acids is 1. The minimum atomic E-state index is -0.901. The summed E-state index contributed by atoms with van der Waals surface area (Å²) < 4.78 is 0. The Morgan fingerprint density at radius 3 is 2.33 bits per heavy atom. The Hall–Kier alpha value is -1.75. The van der Waals surface area contributed by atoms with Crippen LogP contribution in [-0.2, 0) is 11.3 Å². The van der Waals surface area contributed by atoms with Gasteiger partial charge in [-0.05, 0) is 24.6 Å². The van der Waals surface area contributed by atoms with E-state index >= 15 is 0 Å². The van der Waals surface area contributed by atoms with Gasteiger partial charge in [0.15, 0.2) is 0 Å². The van der Waals surface area contributed by atoms with Gasteiger partial charge in [0, 0.05) is 31.7 Å². The van der Waals surface area contributed by atoms with Crippen molar-refractivity contribution in [1.82, 2.24) is 9.80 Å². The van der Waals surface area contributed by atoms with E-state index in [9.17, 15) is 9.59 Å². The third-order valence-corrected chi connectivity index (χ3v) is 3.48. The highest BCUT2D eigenvalue weighted by Crippen LogP contribution is 2.12. The Labute approximate surface area is 130 Å². The van der Waals surface area contributed by atoms with Crippen molar-refractivity contribution in [2.75, 3.05) is 20.1 Å². The fraction of sp³-hybridized carbons (Fsp3) is 0.467. The number of hydrogen-bond donors (Lipinski definition) is 1. The first kappa shape index (κ1) is 17.3. The van der Waals surface area contributed by atoms with E-state index in [1.54, 1.807) is 31.0 Å². The van der Waals surface area contributed by atoms with E-state index in [4.69, 9.17) is 16.7 Å². The van der Waals surface area contributed by atoms with Crippen LogP contribution < -0.4 is 0 Å². The summed E-state index contributed by atoms with van der Waals surface area (Å²) in [4.78, 5) is 26.3. The van der Waals surface area contributed by atoms with E-state index in [1.165, 1.54) is 4.90 Å². The molecule has 0 bridgehead atoms. The van der Waals surface area contributed by atoms with Crippen LogP contribution in [0, 0.1) is 5.92 Å². The number of halogens is 1. The van der Waals surface area contributed by atoms with E-state index < -0.39 is 11.9 Å². The molecule has 6 heteroatoms. The van der Waals surface area contributed by atoms with Gasteiger partial charge in [-0.25, -0.2) is 4.79 Å². The number of carboxylic acids is 1. The zero-order chi connectivity index (χ0) is 16.0. The highest BCUT2D eigenvalue weighted by atomic mass is 35.5. The molecule has 1 N–H and O–H groups in total. The van der Waals surface area contributed by atoms with Gasteiger partial charge >= 0.3 is 12.0 Å². The highest BCUT2D eigenvalue weighted by molar-refractivity contribution is 6.30. The molecule has 21 heavy (non-hydrogen) atoms. The van der Waals surface area contributed by atoms with Crippen molar-refractivity contribution in [3.8, 4) is 0 Å². The Bertz CT molecular complexity index is 490. The number of urea groups is 1. The van der Waals surface area contributed by atoms with Gasteiger partial charge < -0.3 is 14.9 Å². The third kappa shape index (κ3) is 5.27. The summed E-state index contributed by atoms with van der Waals surface area (Å²) in [6.07, 6.45) is 0. The maximum atomic E-state index is 12.3. The van der Waals surface area contributed by atoms with Crippen LogP contribution in [0.25, 0.3) is 0 Å². The van der Waals surface area contributed by atoms with Gasteiger partial charge in [0.2, 0.25) is 0 Å². The Kier molecular flexibility index (Phi) is 6.49. The molecule has 0 radical (unpaired) electrons. The normalized spacial score (nSPS) is 11.8. The molecular formula is C15H21ClN2O3. The lowest BCUT2D eigenvalue weighted by atomic mass is 10.1. The first-order valence-electron chi connectivity index (χ1n) is 6.82. The minimum Gasteiger partial charge on any atom is -0.481 e. The second-order valence-corrected chi connectivity index (χ2v) is 5.48. The molecule has 5 nitrogen and oxygen atoms in total. The maximum absolute atomic E-state index is 12.3. The Balaban J connectivity index is 2.66. The smallest absolute Gasteiger partial charge is 0.320 e. The quantitative estimate of drug-likeness (QED) is 0.878. The lowest BCUT2D eigenvalue weighted by molar-refractivity contribution is -0.141. The molecule has 0 aliphatic carbocycles. The highest BCUT2D eigenvalue weighted by Gasteiger charge is 2.21. The molecule has 1 rings (SSSR count). The molecule has 0 aliphatic heterocycles. The maximum Gasteiger partial charge on any atom is 0.320 e. The molecule has 116 valence electrons. The summed E-state index contributed by atoms with van der Waals surface area (Å²) in [7, 11) is 1.70. The average Bonchev–Trinajstić information content (AvgIpc) is 2.45. The minimum absolute atomic E-state index is 0.180. The van der Waals surface area contributed by atoms with Gasteiger partial charge in [-0.2, -0.15) is 0 Å². The molecule has 1 atom stereocenters. The number of aliphatic carboxylic acids is 1. The van der Waals surface area contributed by atoms with Gasteiger partial charge in [0.05, 0.1) is 5.92 Å². The number of amides is 2. The van der Waals surface area contributed by atoms with Crippen LogP contribution in [0.2, 0.25) is 5.02 Å². The van der Waals surface area contributed by atoms with Crippen LogP contribution >= 0.6 is 11.6 Å². The SMILES string of the molecule is CCN(CC(C)C(=O)O)C(=O)N(C)Cc1ccc(Cl)cc1. The van der Waals surface area contributed by atoms with Crippen LogP contribution in [0.3, 0.4) is 0 Å². The number of rotatable bonds is 6. The molecule has 0 aromatic heterocycles. The Morgan fingerprint density at radius 1 is 1.29 bits per heavy atom. The van der Waals surface area contributed by atoms with Crippen LogP contribution in [0.1, 0.15) is 19.4 Å². The summed E-state index contributed by atoms with van der Waals surface area (Å²) in [5, 5.41) is 9.60. The van der Waals surface area contributed by atoms with E-state index in [0.29, 0.717) is 18.1 Å². The number of nitrogens with zero attached hydrogens (tertiary/aromatic N) is 2. The molecule has 0 saturated heterocycles. The fourth-order valence-electron chi connectivity index (χ4n) is 1.92. The number of carboxylic acid groups (broad SMARTS) is 1. The molecule has 0 fully saturated rings. The molecule has 2 amide bonds. The Morgan fingerprint density at radius 2 is 1.86 bits per heavy atom. The molecule has 1 aromatic rings. The topological polar surface area (TPSA) is 60.9 Å². The molecule has 1 unspecified atom stereocenters. The van der Waals surface area contributed by atoms with Crippen molar-refractivity contribution in [3.05, 3.63) is 34.9 Å². The van der Waals surface area contributed by atoms with Gasteiger partial charge in [0.25, 0.3) is 0 Å². The number of carbonyl (C=O) groups is 2. The third-order valence-electron chi connectivity index (χ3n) is 3.23. The van der Waals surface area contributed by atoms with Crippen LogP contribution in [0.5, 0.6) is 0 Å². The van der Waals surface area contributed by atoms with Gasteiger partial charge in [-0.1, -0.05) is 30.7 Å². The van der Waals surface area contributed by atoms with Crippen molar-refractivity contribution in [1.29, 1.82) is 0 Å². The van der Waals surface area contributed by atoms with Gasteiger partial charge in [-0.15, -0.1) is 0 Å². The van der Waals surface area contributed by atoms with E-state index in [2.05, 4.69) is 0 Å². The monoisotopic (exact) mass is 312 g/mol. The summed E-state index contributed by atoms with van der Waals surface area (Å²) in [5.74, 6) is -1.49. The van der Waals surface area contributed by atoms with E-state index in [0.717, 1.165) is 5.56 Å². The largest absolute Gasteiger partial charge is 0.481 e. The van der Waals surface area contributed by atoms with Gasteiger partial charge in [0.1, 0.15) is 0 Å². The van der Waals surface area contributed by atoms with Crippen molar-refractivity contribution in [2.24, 2.45) is 5.92 Å². The van der Waals surface area contributed by atoms with Crippen LogP contribution in [0.4, 0.5) is 4.79 Å². The lowest BCUT2D eigenvalue weighted by Gasteiger charge is -2.28. The van der Waals surface area contributed by atoms with Crippen LogP contribution in [-0.4, -0.2) is 47.0 Å². The molecule has 1 aromatic carbocycles. The van der Waals surface area contributed by atoms with E-state index in [-0.39, 0.29) is 12.6 Å². The summed E-state index contributed by atoms with van der Waals surface area (Å²) in [6.45, 7) is 4.56. The van der Waals surface area contributed by atoms with Crippen LogP contribution in [0.15, 0.2) is 24.3 Å². The molecular weight excluding hydrogens is 292 g/mol. The number of benzene rings is 1. The zero-order valence-corrected chi connectivity index (χ0v) is 13.3. The predicted molar refractivity (Wildman–Crippen MR) is 82.4 cm³/mol. The first-order chi connectivity index (χ1) is 9.85. The molecule has 0 heterocycles. The fourth-order valence-corrected chi connectivity index (χ4v) is 2.05. The molecule has 0 spiro atoms. The van der Waals surface area contributed by atoms with Gasteiger partial charge in [-0.3, -0.25) is 4.79 Å². The summed E-state index contributed by atoms with van der Waals surface area (Å²) in [6, 6.07) is 7.10. The van der Waals surface area contributed by atoms with E-state index in [1.807, 2.05) is 19.1 Å². The lowest BCUT2D eigenvalue weighted by Crippen LogP contribution is -2.43. The van der Waals surface area contributed by atoms with Crippen molar-refractivity contribution >= 4 is 23.6 Å². The summed E-state index contributed by atoms with van der Waals surface area (Å²) in [5.41, 5.74) is 0.970. The van der Waals surface area contributed by atoms with Crippen molar-refractivity contribution in [3.63, 3.8) is 0 Å². The first-order valence-corrected chi connectivity index (χ1v) is 7.20. The average molecular weight is 313 g/mol. The summed E-state index contributed by atoms with van der Waals surface area (Å²) >= 11 is 5.83. The second-order valence-electron chi connectivity index (χ2n) is 5.04. The second kappa shape index (κ2) is 7.88. The zero-order valence-electron chi connectivity index (χ0n) is 12.5. The molecule has 0 saturated carbocycles.